The molecular formula is C21H25NO5. The van der Waals surface area contributed by atoms with Crippen LogP contribution in [-0.2, 0) is 6.54 Å². The van der Waals surface area contributed by atoms with Gasteiger partial charge in [-0.25, -0.2) is 0 Å². The molecule has 3 rings (SSSR count). The zero-order valence-electron chi connectivity index (χ0n) is 15.7. The van der Waals surface area contributed by atoms with E-state index in [1.165, 1.54) is 0 Å². The Kier molecular flexibility index (Phi) is 6.41. The Morgan fingerprint density at radius 2 is 1.89 bits per heavy atom. The van der Waals surface area contributed by atoms with Gasteiger partial charge in [0.15, 0.2) is 23.0 Å². The van der Waals surface area contributed by atoms with Gasteiger partial charge in [0.05, 0.1) is 13.2 Å². The molecule has 0 aliphatic carbocycles. The van der Waals surface area contributed by atoms with Gasteiger partial charge in [-0.15, -0.1) is 0 Å². The van der Waals surface area contributed by atoms with Gasteiger partial charge < -0.3 is 24.3 Å². The summed E-state index contributed by atoms with van der Waals surface area (Å²) in [6.07, 6.45) is 2.04. The van der Waals surface area contributed by atoms with Crippen molar-refractivity contribution in [2.75, 3.05) is 20.0 Å². The summed E-state index contributed by atoms with van der Waals surface area (Å²) in [5.74, 6) is 2.51. The number of fused-ring (bicyclic) bond motifs is 1. The fourth-order valence-electron chi connectivity index (χ4n) is 2.70. The summed E-state index contributed by atoms with van der Waals surface area (Å²) in [6.45, 7) is 5.79. The lowest BCUT2D eigenvalue weighted by molar-refractivity contribution is 0.0950. The van der Waals surface area contributed by atoms with Crippen LogP contribution in [0.3, 0.4) is 0 Å². The van der Waals surface area contributed by atoms with Gasteiger partial charge in [-0.05, 0) is 49.2 Å². The van der Waals surface area contributed by atoms with E-state index in [0.29, 0.717) is 42.6 Å². The highest BCUT2D eigenvalue weighted by molar-refractivity contribution is 5.94. The van der Waals surface area contributed by atoms with Crippen LogP contribution in [0.4, 0.5) is 0 Å². The smallest absolute Gasteiger partial charge is 0.251 e. The Bertz CT molecular complexity index is 790. The van der Waals surface area contributed by atoms with Crippen LogP contribution < -0.4 is 24.3 Å². The molecule has 1 N–H and O–H groups in total. The van der Waals surface area contributed by atoms with Crippen molar-refractivity contribution >= 4 is 5.91 Å². The number of benzene rings is 2. The van der Waals surface area contributed by atoms with Crippen LogP contribution >= 0.6 is 0 Å². The minimum atomic E-state index is -0.172. The third kappa shape index (κ3) is 4.84. The lowest BCUT2D eigenvalue weighted by atomic mass is 10.1. The van der Waals surface area contributed by atoms with Crippen molar-refractivity contribution in [2.45, 2.75) is 33.2 Å². The average Bonchev–Trinajstić information content (AvgIpc) is 3.15. The topological polar surface area (TPSA) is 66.0 Å². The first-order valence-corrected chi connectivity index (χ1v) is 9.27. The summed E-state index contributed by atoms with van der Waals surface area (Å²) in [6, 6.07) is 10.9. The molecule has 0 saturated carbocycles. The Morgan fingerprint density at radius 1 is 1.04 bits per heavy atom. The molecule has 0 atom stereocenters. The minimum Gasteiger partial charge on any atom is -0.490 e. The predicted octanol–water partition coefficient (Wildman–Crippen LogP) is 3.92. The lowest BCUT2D eigenvalue weighted by Gasteiger charge is -2.13. The highest BCUT2D eigenvalue weighted by atomic mass is 16.7. The van der Waals surface area contributed by atoms with Gasteiger partial charge in [0.2, 0.25) is 6.79 Å². The second kappa shape index (κ2) is 9.16. The van der Waals surface area contributed by atoms with Crippen molar-refractivity contribution in [3.63, 3.8) is 0 Å². The van der Waals surface area contributed by atoms with E-state index >= 15 is 0 Å². The number of nitrogens with one attached hydrogen (secondary N) is 1. The Labute approximate surface area is 159 Å². The molecule has 1 aliphatic heterocycles. The monoisotopic (exact) mass is 371 g/mol. The number of unbranched alkanes of at least 4 members (excludes halogenated alkanes) is 1. The molecule has 6 heteroatoms. The first-order valence-electron chi connectivity index (χ1n) is 9.27. The van der Waals surface area contributed by atoms with Crippen molar-refractivity contribution < 1.29 is 23.7 Å². The number of carbonyl (C=O) groups is 1. The van der Waals surface area contributed by atoms with Crippen molar-refractivity contribution in [2.24, 2.45) is 0 Å². The van der Waals surface area contributed by atoms with Crippen LogP contribution in [0, 0.1) is 0 Å². The molecule has 144 valence electrons. The maximum atomic E-state index is 12.5. The summed E-state index contributed by atoms with van der Waals surface area (Å²) in [5.41, 5.74) is 1.47. The van der Waals surface area contributed by atoms with E-state index in [0.717, 1.165) is 24.2 Å². The molecule has 6 nitrogen and oxygen atoms in total. The SMILES string of the molecule is CCCCOc1ccc(C(=O)NCc2ccc3c(c2)OCO3)cc1OCC. The molecular weight excluding hydrogens is 346 g/mol. The normalized spacial score (nSPS) is 11.9. The molecule has 2 aromatic rings. The molecule has 0 saturated heterocycles. The molecule has 27 heavy (non-hydrogen) atoms. The second-order valence-electron chi connectivity index (χ2n) is 6.17. The Hall–Kier alpha value is -2.89. The average molecular weight is 371 g/mol. The van der Waals surface area contributed by atoms with Gasteiger partial charge in [-0.3, -0.25) is 4.79 Å². The van der Waals surface area contributed by atoms with Crippen LogP contribution in [-0.4, -0.2) is 25.9 Å². The number of ether oxygens (including phenoxy) is 4. The van der Waals surface area contributed by atoms with E-state index in [1.54, 1.807) is 18.2 Å². The fourth-order valence-corrected chi connectivity index (χ4v) is 2.70. The van der Waals surface area contributed by atoms with Gasteiger partial charge in [-0.2, -0.15) is 0 Å². The van der Waals surface area contributed by atoms with Crippen molar-refractivity contribution in [1.29, 1.82) is 0 Å². The molecule has 2 aromatic carbocycles. The summed E-state index contributed by atoms with van der Waals surface area (Å²) >= 11 is 0. The molecule has 0 bridgehead atoms. The minimum absolute atomic E-state index is 0.172. The van der Waals surface area contributed by atoms with E-state index in [-0.39, 0.29) is 12.7 Å². The summed E-state index contributed by atoms with van der Waals surface area (Å²) in [7, 11) is 0. The van der Waals surface area contributed by atoms with Crippen molar-refractivity contribution in [3.8, 4) is 23.0 Å². The highest BCUT2D eigenvalue weighted by Gasteiger charge is 2.15. The van der Waals surface area contributed by atoms with E-state index in [4.69, 9.17) is 18.9 Å². The summed E-state index contributed by atoms with van der Waals surface area (Å²) in [5, 5.41) is 2.92. The third-order valence-corrected chi connectivity index (χ3v) is 4.15. The molecule has 1 heterocycles. The van der Waals surface area contributed by atoms with E-state index in [2.05, 4.69) is 12.2 Å². The molecule has 0 spiro atoms. The Morgan fingerprint density at radius 3 is 2.70 bits per heavy atom. The van der Waals surface area contributed by atoms with Gasteiger partial charge in [0.25, 0.3) is 5.91 Å². The first kappa shape index (κ1) is 18.9. The van der Waals surface area contributed by atoms with Gasteiger partial charge >= 0.3 is 0 Å². The molecule has 0 aromatic heterocycles. The quantitative estimate of drug-likeness (QED) is 0.677. The third-order valence-electron chi connectivity index (χ3n) is 4.15. The van der Waals surface area contributed by atoms with Crippen molar-refractivity contribution in [1.82, 2.24) is 5.32 Å². The number of rotatable bonds is 9. The zero-order chi connectivity index (χ0) is 19.1. The molecule has 0 unspecified atom stereocenters. The summed E-state index contributed by atoms with van der Waals surface area (Å²) in [4.78, 5) is 12.5. The van der Waals surface area contributed by atoms with E-state index in [1.807, 2.05) is 25.1 Å². The first-order chi connectivity index (χ1) is 13.2. The van der Waals surface area contributed by atoms with Crippen LogP contribution in [0.25, 0.3) is 0 Å². The summed E-state index contributed by atoms with van der Waals surface area (Å²) < 4.78 is 22.0. The van der Waals surface area contributed by atoms with Crippen molar-refractivity contribution in [3.05, 3.63) is 47.5 Å². The Balaban J connectivity index is 1.64. The number of hydrogen-bond donors (Lipinski definition) is 1. The molecule has 1 aliphatic rings. The van der Waals surface area contributed by atoms with Crippen LogP contribution in [0.1, 0.15) is 42.6 Å². The van der Waals surface area contributed by atoms with E-state index < -0.39 is 0 Å². The fraction of sp³-hybridized carbons (Fsp3) is 0.381. The largest absolute Gasteiger partial charge is 0.490 e. The maximum absolute atomic E-state index is 12.5. The van der Waals surface area contributed by atoms with Crippen LogP contribution in [0.2, 0.25) is 0 Å². The second-order valence-corrected chi connectivity index (χ2v) is 6.17. The van der Waals surface area contributed by atoms with Gasteiger partial charge in [0.1, 0.15) is 0 Å². The van der Waals surface area contributed by atoms with E-state index in [9.17, 15) is 4.79 Å². The van der Waals surface area contributed by atoms with Gasteiger partial charge in [-0.1, -0.05) is 19.4 Å². The van der Waals surface area contributed by atoms with Gasteiger partial charge in [0, 0.05) is 12.1 Å². The van der Waals surface area contributed by atoms with Crippen LogP contribution in [0.15, 0.2) is 36.4 Å². The lowest BCUT2D eigenvalue weighted by Crippen LogP contribution is -2.22. The maximum Gasteiger partial charge on any atom is 0.251 e. The predicted molar refractivity (Wildman–Crippen MR) is 102 cm³/mol. The number of amides is 1. The molecule has 1 amide bonds. The molecule has 0 radical (unpaired) electrons. The standard InChI is InChI=1S/C21H25NO5/c1-3-5-10-25-17-9-7-16(12-20(17)24-4-2)21(23)22-13-15-6-8-18-19(11-15)27-14-26-18/h6-9,11-12H,3-5,10,13-14H2,1-2H3,(H,22,23). The highest BCUT2D eigenvalue weighted by Crippen LogP contribution is 2.32. The number of hydrogen-bond acceptors (Lipinski definition) is 5. The zero-order valence-corrected chi connectivity index (χ0v) is 15.7. The van der Waals surface area contributed by atoms with Crippen LogP contribution in [0.5, 0.6) is 23.0 Å². The number of carbonyl (C=O) groups excluding carboxylic acids is 1. The molecule has 0 fully saturated rings.